The van der Waals surface area contributed by atoms with Crippen molar-refractivity contribution >= 4 is 44.6 Å². The van der Waals surface area contributed by atoms with Crippen LogP contribution in [-0.2, 0) is 24.4 Å². The van der Waals surface area contributed by atoms with Crippen molar-refractivity contribution in [1.29, 1.82) is 0 Å². The number of methoxy groups -OCH3 is 1. The summed E-state index contributed by atoms with van der Waals surface area (Å²) in [5.41, 5.74) is -1.53. The molecule has 1 saturated heterocycles. The van der Waals surface area contributed by atoms with E-state index in [-0.39, 0.29) is 31.2 Å². The number of sulfonamides is 1. The van der Waals surface area contributed by atoms with E-state index in [1.807, 2.05) is 25.1 Å². The lowest BCUT2D eigenvalue weighted by atomic mass is 9.88. The van der Waals surface area contributed by atoms with E-state index in [0.717, 1.165) is 6.42 Å². The van der Waals surface area contributed by atoms with Crippen LogP contribution in [0.2, 0.25) is 0 Å². The molecule has 4 amide bonds. The number of amides is 4. The summed E-state index contributed by atoms with van der Waals surface area (Å²) in [4.78, 5) is 55.3. The number of allylic oxidation sites excluding steroid dienone is 1. The van der Waals surface area contributed by atoms with Crippen molar-refractivity contribution in [2.75, 3.05) is 13.7 Å². The van der Waals surface area contributed by atoms with Gasteiger partial charge in [-0.1, -0.05) is 38.1 Å². The SMILES string of the molecule is COc1nnc(O[C@@H]2C[C@H]3C(=O)NC4(C(=O)NS(=O)(=O)C5CC5)CC4/C=C\CC[C@@H](C)C[C@@H](C)[C@H](NC(=O)O)C(=O)N3C2)c2ccccc12. The van der Waals surface area contributed by atoms with Gasteiger partial charge in [0.05, 0.1) is 29.7 Å². The highest BCUT2D eigenvalue weighted by Gasteiger charge is 2.62. The molecule has 16 heteroatoms. The molecule has 264 valence electrons. The van der Waals surface area contributed by atoms with Crippen molar-refractivity contribution in [2.45, 2.75) is 87.8 Å². The maximum absolute atomic E-state index is 14.3. The second kappa shape index (κ2) is 13.4. The largest absolute Gasteiger partial charge is 0.479 e. The fourth-order valence-corrected chi connectivity index (χ4v) is 8.45. The molecular weight excluding hydrogens is 656 g/mol. The Morgan fingerprint density at radius 1 is 1.06 bits per heavy atom. The zero-order chi connectivity index (χ0) is 35.1. The maximum atomic E-state index is 14.3. The van der Waals surface area contributed by atoms with Gasteiger partial charge in [-0.25, -0.2) is 13.2 Å². The summed E-state index contributed by atoms with van der Waals surface area (Å²) >= 11 is 0. The smallest absolute Gasteiger partial charge is 0.405 e. The molecule has 15 nitrogen and oxygen atoms in total. The molecule has 0 spiro atoms. The molecule has 7 atom stereocenters. The molecule has 2 unspecified atom stereocenters. The van der Waals surface area contributed by atoms with E-state index < -0.39 is 74.7 Å². The average molecular weight is 699 g/mol. The van der Waals surface area contributed by atoms with Crippen LogP contribution in [0.15, 0.2) is 36.4 Å². The number of fused-ring (bicyclic) bond motifs is 3. The van der Waals surface area contributed by atoms with E-state index in [0.29, 0.717) is 42.3 Å². The van der Waals surface area contributed by atoms with E-state index in [4.69, 9.17) is 9.47 Å². The van der Waals surface area contributed by atoms with Gasteiger partial charge < -0.3 is 30.1 Å². The first-order valence-corrected chi connectivity index (χ1v) is 18.2. The van der Waals surface area contributed by atoms with Gasteiger partial charge in [-0.2, -0.15) is 0 Å². The molecule has 1 aromatic carbocycles. The number of aromatic nitrogens is 2. The Labute approximate surface area is 284 Å². The van der Waals surface area contributed by atoms with Gasteiger partial charge in [0.1, 0.15) is 23.7 Å². The number of hydrogen-bond donors (Lipinski definition) is 4. The normalized spacial score (nSPS) is 31.3. The molecule has 2 aliphatic heterocycles. The Balaban J connectivity index is 1.34. The minimum absolute atomic E-state index is 0.0111. The minimum atomic E-state index is -3.90. The highest BCUT2D eigenvalue weighted by Crippen LogP contribution is 2.46. The van der Waals surface area contributed by atoms with E-state index in [1.54, 1.807) is 25.1 Å². The number of rotatable bonds is 7. The Hall–Kier alpha value is -4.47. The van der Waals surface area contributed by atoms with Crippen molar-refractivity contribution < 1.29 is 42.2 Å². The summed E-state index contributed by atoms with van der Waals surface area (Å²) < 4.78 is 39.3. The van der Waals surface area contributed by atoms with Gasteiger partial charge in [-0.3, -0.25) is 19.1 Å². The lowest BCUT2D eigenvalue weighted by molar-refractivity contribution is -0.142. The highest BCUT2D eigenvalue weighted by molar-refractivity contribution is 7.91. The second-order valence-electron chi connectivity index (χ2n) is 13.7. The molecule has 4 N–H and O–H groups in total. The number of carboxylic acid groups (broad SMARTS) is 1. The molecule has 0 bridgehead atoms. The van der Waals surface area contributed by atoms with Crippen LogP contribution >= 0.6 is 0 Å². The van der Waals surface area contributed by atoms with Gasteiger partial charge >= 0.3 is 6.09 Å². The Morgan fingerprint density at radius 2 is 1.76 bits per heavy atom. The average Bonchev–Trinajstić information content (AvgIpc) is 3.98. The number of ether oxygens (including phenoxy) is 2. The van der Waals surface area contributed by atoms with Gasteiger partial charge in [-0.05, 0) is 62.5 Å². The molecule has 1 aromatic heterocycles. The fourth-order valence-electron chi connectivity index (χ4n) is 7.08. The van der Waals surface area contributed by atoms with Crippen LogP contribution in [0.1, 0.15) is 58.8 Å². The molecule has 2 aliphatic carbocycles. The van der Waals surface area contributed by atoms with Crippen molar-refractivity contribution in [1.82, 2.24) is 30.5 Å². The van der Waals surface area contributed by atoms with E-state index in [9.17, 15) is 32.7 Å². The molecule has 49 heavy (non-hydrogen) atoms. The first kappa shape index (κ1) is 34.4. The maximum Gasteiger partial charge on any atom is 0.405 e. The number of carbonyl (C=O) groups excluding carboxylic acids is 3. The van der Waals surface area contributed by atoms with Crippen molar-refractivity contribution in [3.8, 4) is 11.8 Å². The third-order valence-corrected chi connectivity index (χ3v) is 11.8. The standard InChI is InChI=1S/C33H42N6O9S/c1-18-8-4-5-9-20-16-33(20,31(42)38-49(45,46)22-12-13-22)35-27(40)25-15-21(17-39(25)30(41)26(19(2)14-18)34-32(43)44)48-29-24-11-7-6-10-23(24)28(47-3)36-37-29/h5-7,9-11,18-22,25-26,34H,4,8,12-17H2,1-3H3,(H,35,40)(H,38,42)(H,43,44)/b9-5-/t18-,19-,20?,21-,25+,26+,33?/m1/s1. The monoisotopic (exact) mass is 698 g/mol. The molecule has 2 aromatic rings. The van der Waals surface area contributed by atoms with Crippen LogP contribution in [0.5, 0.6) is 11.8 Å². The lowest BCUT2D eigenvalue weighted by Crippen LogP contribution is -2.59. The summed E-state index contributed by atoms with van der Waals surface area (Å²) in [6.45, 7) is 3.74. The van der Waals surface area contributed by atoms with Crippen LogP contribution < -0.4 is 24.8 Å². The van der Waals surface area contributed by atoms with E-state index >= 15 is 0 Å². The predicted molar refractivity (Wildman–Crippen MR) is 176 cm³/mol. The topological polar surface area (TPSA) is 206 Å². The summed E-state index contributed by atoms with van der Waals surface area (Å²) in [5.74, 6) is -2.38. The number of hydrogen-bond acceptors (Lipinski definition) is 10. The van der Waals surface area contributed by atoms with Crippen LogP contribution in [-0.4, -0.2) is 95.1 Å². The van der Waals surface area contributed by atoms with Gasteiger partial charge in [0.25, 0.3) is 5.91 Å². The summed E-state index contributed by atoms with van der Waals surface area (Å²) in [6.07, 6.45) is 4.64. The second-order valence-corrected chi connectivity index (χ2v) is 15.7. The first-order valence-electron chi connectivity index (χ1n) is 16.6. The van der Waals surface area contributed by atoms with Gasteiger partial charge in [-0.15, -0.1) is 10.2 Å². The molecule has 0 radical (unpaired) electrons. The minimum Gasteiger partial charge on any atom is -0.479 e. The molecule has 3 fully saturated rings. The summed E-state index contributed by atoms with van der Waals surface area (Å²) in [7, 11) is -2.43. The van der Waals surface area contributed by atoms with Crippen LogP contribution in [0.25, 0.3) is 10.8 Å². The molecular formula is C33H42N6O9S. The van der Waals surface area contributed by atoms with Crippen LogP contribution in [0.3, 0.4) is 0 Å². The van der Waals surface area contributed by atoms with Gasteiger partial charge in [0.15, 0.2) is 0 Å². The Morgan fingerprint density at radius 3 is 2.43 bits per heavy atom. The van der Waals surface area contributed by atoms with Crippen LogP contribution in [0.4, 0.5) is 4.79 Å². The first-order chi connectivity index (χ1) is 23.3. The van der Waals surface area contributed by atoms with Crippen molar-refractivity contribution in [3.05, 3.63) is 36.4 Å². The van der Waals surface area contributed by atoms with Gasteiger partial charge in [0.2, 0.25) is 33.6 Å². The third kappa shape index (κ3) is 7.14. The highest BCUT2D eigenvalue weighted by atomic mass is 32.2. The molecule has 3 heterocycles. The number of carbonyl (C=O) groups is 4. The van der Waals surface area contributed by atoms with Crippen LogP contribution in [0, 0.1) is 17.8 Å². The Bertz CT molecular complexity index is 1780. The summed E-state index contributed by atoms with van der Waals surface area (Å²) in [6, 6.07) is 4.85. The van der Waals surface area contributed by atoms with Crippen molar-refractivity contribution in [3.63, 3.8) is 0 Å². The summed E-state index contributed by atoms with van der Waals surface area (Å²) in [5, 5.41) is 23.8. The molecule has 2 saturated carbocycles. The molecule has 6 rings (SSSR count). The fraction of sp³-hybridized carbons (Fsp3) is 0.576. The quantitative estimate of drug-likeness (QED) is 0.308. The predicted octanol–water partition coefficient (Wildman–Crippen LogP) is 2.12. The molecule has 4 aliphatic rings. The third-order valence-electron chi connectivity index (χ3n) is 9.99. The lowest BCUT2D eigenvalue weighted by Gasteiger charge is -2.32. The van der Waals surface area contributed by atoms with E-state index in [1.165, 1.54) is 12.0 Å². The Kier molecular flexibility index (Phi) is 9.44. The zero-order valence-electron chi connectivity index (χ0n) is 27.6. The number of nitrogens with zero attached hydrogens (tertiary/aromatic N) is 3. The number of benzene rings is 1. The van der Waals surface area contributed by atoms with E-state index in [2.05, 4.69) is 25.6 Å². The zero-order valence-corrected chi connectivity index (χ0v) is 28.4. The number of nitrogens with one attached hydrogen (secondary N) is 3. The van der Waals surface area contributed by atoms with Crippen molar-refractivity contribution in [2.24, 2.45) is 17.8 Å². The van der Waals surface area contributed by atoms with Gasteiger partial charge in [0, 0.05) is 12.3 Å².